The number of rotatable bonds is 4. The lowest BCUT2D eigenvalue weighted by atomic mass is 10.00. The van der Waals surface area contributed by atoms with Crippen LogP contribution in [-0.2, 0) is 0 Å². The van der Waals surface area contributed by atoms with Crippen molar-refractivity contribution in [1.29, 1.82) is 0 Å². The van der Waals surface area contributed by atoms with Gasteiger partial charge >= 0.3 is 5.88 Å². The fraction of sp³-hybridized carbons (Fsp3) is 0.312. The van der Waals surface area contributed by atoms with E-state index in [0.717, 1.165) is 18.5 Å². The summed E-state index contributed by atoms with van der Waals surface area (Å²) in [6, 6.07) is 9.88. The van der Waals surface area contributed by atoms with E-state index in [4.69, 9.17) is 16.0 Å². The zero-order chi connectivity index (χ0) is 17.3. The quantitative estimate of drug-likeness (QED) is 0.677. The van der Waals surface area contributed by atoms with Crippen molar-refractivity contribution in [2.45, 2.75) is 18.5 Å². The normalized spacial score (nSPS) is 20.9. The Morgan fingerprint density at radius 1 is 1.33 bits per heavy atom. The fourth-order valence-corrected chi connectivity index (χ4v) is 3.16. The second-order valence-electron chi connectivity index (χ2n) is 5.74. The van der Waals surface area contributed by atoms with Gasteiger partial charge in [-0.1, -0.05) is 23.7 Å². The molecule has 0 spiro atoms. The number of nitrogens with one attached hydrogen (secondary N) is 1. The Balaban J connectivity index is 1.76. The van der Waals surface area contributed by atoms with Crippen LogP contribution >= 0.6 is 11.6 Å². The number of hydrogen-bond acceptors (Lipinski definition) is 5. The highest BCUT2D eigenvalue weighted by Crippen LogP contribution is 2.32. The van der Waals surface area contributed by atoms with Crippen molar-refractivity contribution >= 4 is 23.4 Å². The number of carbonyl (C=O) groups excluding carboxylic acids is 1. The Morgan fingerprint density at radius 2 is 2.04 bits per heavy atom. The number of benzene rings is 1. The third kappa shape index (κ3) is 3.27. The highest BCUT2D eigenvalue weighted by atomic mass is 35.5. The van der Waals surface area contributed by atoms with Crippen LogP contribution in [0.1, 0.15) is 28.6 Å². The van der Waals surface area contributed by atoms with Crippen LogP contribution in [0.2, 0.25) is 5.02 Å². The molecule has 1 aliphatic heterocycles. The maximum absolute atomic E-state index is 12.3. The van der Waals surface area contributed by atoms with Gasteiger partial charge in [0.05, 0.1) is 18.2 Å². The van der Waals surface area contributed by atoms with E-state index in [1.54, 1.807) is 0 Å². The number of likely N-dealkylation sites (N-methyl/N-ethyl adjacent to an activating group) is 1. The van der Waals surface area contributed by atoms with Gasteiger partial charge < -0.3 is 9.73 Å². The molecule has 1 fully saturated rings. The second-order valence-corrected chi connectivity index (χ2v) is 6.18. The van der Waals surface area contributed by atoms with Gasteiger partial charge in [-0.2, -0.15) is 0 Å². The van der Waals surface area contributed by atoms with Crippen molar-refractivity contribution in [2.75, 3.05) is 13.6 Å². The maximum Gasteiger partial charge on any atom is 0.433 e. The van der Waals surface area contributed by atoms with Gasteiger partial charge in [-0.25, -0.2) is 0 Å². The number of amides is 1. The molecular weight excluding hydrogens is 334 g/mol. The Morgan fingerprint density at radius 3 is 2.67 bits per heavy atom. The highest BCUT2D eigenvalue weighted by molar-refractivity contribution is 6.30. The average Bonchev–Trinajstić information content (AvgIpc) is 3.16. The summed E-state index contributed by atoms with van der Waals surface area (Å²) < 4.78 is 4.96. The summed E-state index contributed by atoms with van der Waals surface area (Å²) in [4.78, 5) is 24.4. The Labute approximate surface area is 143 Å². The van der Waals surface area contributed by atoms with Crippen LogP contribution in [0.25, 0.3) is 0 Å². The smallest absolute Gasteiger partial charge is 0.395 e. The lowest BCUT2D eigenvalue weighted by molar-refractivity contribution is -0.402. The lowest BCUT2D eigenvalue weighted by Crippen LogP contribution is -2.38. The number of halogens is 1. The van der Waals surface area contributed by atoms with Crippen molar-refractivity contribution in [2.24, 2.45) is 0 Å². The van der Waals surface area contributed by atoms with Crippen LogP contribution in [0.15, 0.2) is 40.8 Å². The van der Waals surface area contributed by atoms with E-state index in [1.807, 2.05) is 31.3 Å². The number of furan rings is 1. The number of hydrogen-bond donors (Lipinski definition) is 1. The van der Waals surface area contributed by atoms with Crippen LogP contribution in [0, 0.1) is 10.1 Å². The summed E-state index contributed by atoms with van der Waals surface area (Å²) in [6.07, 6.45) is 0.776. The van der Waals surface area contributed by atoms with Gasteiger partial charge in [-0.05, 0) is 37.2 Å². The van der Waals surface area contributed by atoms with Crippen LogP contribution in [0.5, 0.6) is 0 Å². The second kappa shape index (κ2) is 6.62. The first kappa shape index (κ1) is 16.5. The largest absolute Gasteiger partial charge is 0.433 e. The van der Waals surface area contributed by atoms with Crippen molar-refractivity contribution in [3.8, 4) is 0 Å². The molecule has 126 valence electrons. The minimum atomic E-state index is -0.670. The minimum absolute atomic E-state index is 0.0103. The molecule has 1 aromatic heterocycles. The third-order valence-corrected chi connectivity index (χ3v) is 4.42. The summed E-state index contributed by atoms with van der Waals surface area (Å²) in [5, 5.41) is 14.2. The van der Waals surface area contributed by atoms with Crippen molar-refractivity contribution in [3.63, 3.8) is 0 Å². The van der Waals surface area contributed by atoms with E-state index in [1.165, 1.54) is 12.1 Å². The standard InChI is InChI=1S/C16H16ClN3O4/c1-19-9-8-12(15(19)10-2-4-11(17)5-3-10)18-16(21)13-6-7-14(24-13)20(22)23/h2-7,12,15H,8-9H2,1H3,(H,18,21)/t12-,15-/m1/s1. The molecular formula is C16H16ClN3O4. The summed E-state index contributed by atoms with van der Waals surface area (Å²) in [6.45, 7) is 0.830. The Kier molecular flexibility index (Phi) is 4.55. The van der Waals surface area contributed by atoms with Gasteiger partial charge in [0.2, 0.25) is 0 Å². The highest BCUT2D eigenvalue weighted by Gasteiger charge is 2.34. The summed E-state index contributed by atoms with van der Waals surface area (Å²) >= 11 is 5.93. The molecule has 0 aliphatic carbocycles. The van der Waals surface area contributed by atoms with Gasteiger partial charge in [0.25, 0.3) is 5.91 Å². The third-order valence-electron chi connectivity index (χ3n) is 4.17. The van der Waals surface area contributed by atoms with Crippen LogP contribution < -0.4 is 5.32 Å². The van der Waals surface area contributed by atoms with E-state index in [0.29, 0.717) is 5.02 Å². The maximum atomic E-state index is 12.3. The first-order chi connectivity index (χ1) is 11.5. The molecule has 0 saturated carbocycles. The number of likely N-dealkylation sites (tertiary alicyclic amines) is 1. The summed E-state index contributed by atoms with van der Waals surface area (Å²) in [5.41, 5.74) is 1.05. The SMILES string of the molecule is CN1CC[C@@H](NC(=O)c2ccc([N+](=O)[O-])o2)[C@H]1c1ccc(Cl)cc1. The average molecular weight is 350 g/mol. The molecule has 24 heavy (non-hydrogen) atoms. The van der Waals surface area contributed by atoms with E-state index < -0.39 is 16.7 Å². The van der Waals surface area contributed by atoms with E-state index >= 15 is 0 Å². The molecule has 1 amide bonds. The number of nitro groups is 1. The van der Waals surface area contributed by atoms with Crippen molar-refractivity contribution in [1.82, 2.24) is 10.2 Å². The summed E-state index contributed by atoms with van der Waals surface area (Å²) in [7, 11) is 1.99. The Bertz CT molecular complexity index is 759. The molecule has 2 atom stereocenters. The molecule has 0 radical (unpaired) electrons. The minimum Gasteiger partial charge on any atom is -0.395 e. The molecule has 1 aliphatic rings. The zero-order valence-electron chi connectivity index (χ0n) is 12.9. The molecule has 2 aromatic rings. The Hall–Kier alpha value is -2.38. The van der Waals surface area contributed by atoms with Crippen molar-refractivity contribution < 1.29 is 14.1 Å². The first-order valence-electron chi connectivity index (χ1n) is 7.46. The van der Waals surface area contributed by atoms with E-state index in [9.17, 15) is 14.9 Å². The summed E-state index contributed by atoms with van der Waals surface area (Å²) in [5.74, 6) is -0.966. The molecule has 0 bridgehead atoms. The zero-order valence-corrected chi connectivity index (χ0v) is 13.7. The van der Waals surface area contributed by atoms with E-state index in [-0.39, 0.29) is 17.8 Å². The number of carbonyl (C=O) groups is 1. The van der Waals surface area contributed by atoms with Gasteiger partial charge in [0.15, 0.2) is 5.76 Å². The molecule has 7 nitrogen and oxygen atoms in total. The molecule has 1 saturated heterocycles. The fourth-order valence-electron chi connectivity index (χ4n) is 3.03. The molecule has 1 aromatic carbocycles. The van der Waals surface area contributed by atoms with Gasteiger partial charge in [0, 0.05) is 11.6 Å². The topological polar surface area (TPSA) is 88.6 Å². The van der Waals surface area contributed by atoms with Gasteiger partial charge in [0.1, 0.15) is 4.92 Å². The van der Waals surface area contributed by atoms with E-state index in [2.05, 4.69) is 10.2 Å². The molecule has 0 unspecified atom stereocenters. The lowest BCUT2D eigenvalue weighted by Gasteiger charge is -2.26. The van der Waals surface area contributed by atoms with Crippen LogP contribution in [0.4, 0.5) is 5.88 Å². The first-order valence-corrected chi connectivity index (χ1v) is 7.84. The van der Waals surface area contributed by atoms with Gasteiger partial charge in [-0.15, -0.1) is 0 Å². The molecule has 1 N–H and O–H groups in total. The molecule has 2 heterocycles. The number of nitrogens with zero attached hydrogens (tertiary/aromatic N) is 2. The molecule has 8 heteroatoms. The molecule has 3 rings (SSSR count). The monoisotopic (exact) mass is 349 g/mol. The van der Waals surface area contributed by atoms with Crippen LogP contribution in [0.3, 0.4) is 0 Å². The van der Waals surface area contributed by atoms with Crippen molar-refractivity contribution in [3.05, 3.63) is 62.9 Å². The predicted octanol–water partition coefficient (Wildman–Crippen LogP) is 3.02. The van der Waals surface area contributed by atoms with Gasteiger partial charge in [-0.3, -0.25) is 19.8 Å². The predicted molar refractivity (Wildman–Crippen MR) is 88.1 cm³/mol. The van der Waals surface area contributed by atoms with Crippen LogP contribution in [-0.4, -0.2) is 35.4 Å².